The molecule has 3 N–H and O–H groups in total. The van der Waals surface area contributed by atoms with Crippen LogP contribution in [0.1, 0.15) is 81.2 Å². The molecule has 3 atom stereocenters. The van der Waals surface area contributed by atoms with E-state index in [0.29, 0.717) is 47.8 Å². The maximum atomic E-state index is 16.0. The third-order valence-corrected chi connectivity index (χ3v) is 10.7. The number of carbonyl (C=O) groups excluding carboxylic acids is 2. The third-order valence-electron chi connectivity index (χ3n) is 10.2. The molecule has 9 nitrogen and oxygen atoms in total. The summed E-state index contributed by atoms with van der Waals surface area (Å²) < 4.78 is 21.3. The van der Waals surface area contributed by atoms with E-state index < -0.39 is 28.7 Å². The van der Waals surface area contributed by atoms with Crippen LogP contribution >= 0.6 is 23.2 Å². The summed E-state index contributed by atoms with van der Waals surface area (Å²) in [6.07, 6.45) is 6.91. The number of fused-ring (bicyclic) bond motifs is 3. The lowest BCUT2D eigenvalue weighted by Crippen LogP contribution is -2.61. The van der Waals surface area contributed by atoms with E-state index in [1.165, 1.54) is 18.7 Å². The molecule has 220 valence electrons. The average Bonchev–Trinajstić information content (AvgIpc) is 3.62. The average molecular weight is 614 g/mol. The van der Waals surface area contributed by atoms with Crippen LogP contribution < -0.4 is 16.0 Å². The largest absolute Gasteiger partial charge is 0.428 e. The van der Waals surface area contributed by atoms with Crippen molar-refractivity contribution >= 4 is 40.7 Å². The topological polar surface area (TPSA) is 122 Å². The van der Waals surface area contributed by atoms with Crippen LogP contribution in [0.4, 0.5) is 10.1 Å². The quantitative estimate of drug-likeness (QED) is 0.344. The standard InChI is InChI=1S/C30H31Cl2FN6O3/c1-28(2)6-8-29(9-7-28)30(19-4-3-16(31)13-20(19)37-27(30)41)21(18-5-10-34-24(32)22(18)33)23(38-29)25(40)36-17-11-15(12-17)26-39-35-14-42-26/h3-5,10,13-15,17,21,23,38H,6-9,11-12H2,1-2H3,(H,36,40)(H,37,41)/t15-,17-,21-,23+,30+/m0/s1. The number of aromatic nitrogens is 3. The number of nitrogens with one attached hydrogen (secondary N) is 3. The lowest BCUT2D eigenvalue weighted by Gasteiger charge is -2.50. The van der Waals surface area contributed by atoms with Gasteiger partial charge < -0.3 is 15.1 Å². The van der Waals surface area contributed by atoms with Crippen molar-refractivity contribution < 1.29 is 18.4 Å². The molecule has 2 aliphatic carbocycles. The zero-order valence-electron chi connectivity index (χ0n) is 23.2. The van der Waals surface area contributed by atoms with Gasteiger partial charge in [0, 0.05) is 40.3 Å². The van der Waals surface area contributed by atoms with Crippen LogP contribution in [0.15, 0.2) is 41.3 Å². The van der Waals surface area contributed by atoms with Crippen molar-refractivity contribution in [1.82, 2.24) is 25.8 Å². The van der Waals surface area contributed by atoms with Gasteiger partial charge in [-0.15, -0.1) is 10.2 Å². The van der Waals surface area contributed by atoms with Gasteiger partial charge in [0.2, 0.25) is 24.1 Å². The minimum Gasteiger partial charge on any atom is -0.428 e. The number of pyridine rings is 1. The van der Waals surface area contributed by atoms with Crippen molar-refractivity contribution in [3.8, 4) is 0 Å². The summed E-state index contributed by atoms with van der Waals surface area (Å²) in [5.74, 6) is -1.60. The highest BCUT2D eigenvalue weighted by molar-refractivity contribution is 6.31. The number of nitrogens with zero attached hydrogens (tertiary/aromatic N) is 3. The number of hydrogen-bond acceptors (Lipinski definition) is 7. The van der Waals surface area contributed by atoms with Gasteiger partial charge in [-0.1, -0.05) is 43.1 Å². The molecule has 2 aliphatic heterocycles. The van der Waals surface area contributed by atoms with Crippen molar-refractivity contribution in [3.05, 3.63) is 69.9 Å². The van der Waals surface area contributed by atoms with E-state index in [1.807, 2.05) is 6.07 Å². The van der Waals surface area contributed by atoms with Gasteiger partial charge in [-0.2, -0.15) is 0 Å². The molecule has 0 unspecified atom stereocenters. The molecule has 0 radical (unpaired) electrons. The van der Waals surface area contributed by atoms with E-state index in [0.717, 1.165) is 12.8 Å². The molecule has 2 amide bonds. The summed E-state index contributed by atoms with van der Waals surface area (Å²) in [6, 6.07) is 5.80. The predicted octanol–water partition coefficient (Wildman–Crippen LogP) is 5.26. The molecule has 42 heavy (non-hydrogen) atoms. The van der Waals surface area contributed by atoms with Crippen LogP contribution in [-0.4, -0.2) is 44.6 Å². The first-order chi connectivity index (χ1) is 20.0. The first-order valence-electron chi connectivity index (χ1n) is 14.3. The molecule has 2 spiro atoms. The van der Waals surface area contributed by atoms with Crippen LogP contribution in [-0.2, 0) is 15.0 Å². The fraction of sp³-hybridized carbons (Fsp3) is 0.500. The summed E-state index contributed by atoms with van der Waals surface area (Å²) in [6.45, 7) is 4.43. The fourth-order valence-electron chi connectivity index (χ4n) is 7.92. The maximum Gasteiger partial charge on any atom is 0.238 e. The van der Waals surface area contributed by atoms with Gasteiger partial charge >= 0.3 is 0 Å². The Morgan fingerprint density at radius 2 is 1.90 bits per heavy atom. The van der Waals surface area contributed by atoms with Gasteiger partial charge in [-0.3, -0.25) is 14.9 Å². The Hall–Kier alpha value is -3.08. The van der Waals surface area contributed by atoms with Crippen LogP contribution in [0.3, 0.4) is 0 Å². The minimum atomic E-state index is -1.30. The van der Waals surface area contributed by atoms with Gasteiger partial charge in [0.25, 0.3) is 0 Å². The molecule has 7 rings (SSSR count). The molecule has 4 aliphatic rings. The molecular weight excluding hydrogens is 582 g/mol. The van der Waals surface area contributed by atoms with Crippen molar-refractivity contribution in [1.29, 1.82) is 0 Å². The molecule has 1 saturated heterocycles. The summed E-state index contributed by atoms with van der Waals surface area (Å²) in [5, 5.41) is 17.8. The summed E-state index contributed by atoms with van der Waals surface area (Å²) >= 11 is 12.6. The van der Waals surface area contributed by atoms with Gasteiger partial charge in [0.1, 0.15) is 5.41 Å². The Kier molecular flexibility index (Phi) is 6.42. The second kappa shape index (κ2) is 9.72. The Bertz CT molecular complexity index is 1570. The van der Waals surface area contributed by atoms with Crippen molar-refractivity contribution in [2.75, 3.05) is 5.32 Å². The zero-order chi connectivity index (χ0) is 29.4. The molecule has 1 aromatic carbocycles. The van der Waals surface area contributed by atoms with Gasteiger partial charge in [-0.25, -0.2) is 9.37 Å². The van der Waals surface area contributed by atoms with Gasteiger partial charge in [0.15, 0.2) is 11.0 Å². The van der Waals surface area contributed by atoms with E-state index in [1.54, 1.807) is 12.1 Å². The van der Waals surface area contributed by atoms with Crippen LogP contribution in [0.2, 0.25) is 10.2 Å². The van der Waals surface area contributed by atoms with E-state index in [9.17, 15) is 9.59 Å². The van der Waals surface area contributed by atoms with Crippen molar-refractivity contribution in [3.63, 3.8) is 0 Å². The van der Waals surface area contributed by atoms with Gasteiger partial charge in [-0.05, 0) is 73.3 Å². The number of amides is 2. The lowest BCUT2D eigenvalue weighted by molar-refractivity contribution is -0.125. The maximum absolute atomic E-state index is 16.0. The SMILES string of the molecule is CC1(C)CCC2(CC1)N[C@@H](C(=O)N[C@H]1C[C@H](c3nnco3)C1)[C@H](c1ccnc(Cl)c1F)[C@]21C(=O)Nc2cc(Cl)ccc21. The van der Waals surface area contributed by atoms with Crippen molar-refractivity contribution in [2.24, 2.45) is 5.41 Å². The first kappa shape index (κ1) is 27.7. The highest BCUT2D eigenvalue weighted by atomic mass is 35.5. The summed E-state index contributed by atoms with van der Waals surface area (Å²) in [7, 11) is 0. The number of carbonyl (C=O) groups is 2. The van der Waals surface area contributed by atoms with E-state index in [2.05, 4.69) is 45.0 Å². The monoisotopic (exact) mass is 612 g/mol. The van der Waals surface area contributed by atoms with Crippen LogP contribution in [0.5, 0.6) is 0 Å². The number of hydrogen-bond donors (Lipinski definition) is 3. The third kappa shape index (κ3) is 4.02. The molecule has 4 heterocycles. The minimum absolute atomic E-state index is 0.0583. The number of rotatable bonds is 4. The second-order valence-electron chi connectivity index (χ2n) is 13.0. The van der Waals surface area contributed by atoms with E-state index in [4.69, 9.17) is 27.6 Å². The number of halogens is 3. The number of benzene rings is 1. The smallest absolute Gasteiger partial charge is 0.238 e. The van der Waals surface area contributed by atoms with E-state index >= 15 is 4.39 Å². The zero-order valence-corrected chi connectivity index (χ0v) is 24.7. The molecular formula is C30H31Cl2FN6O3. The Morgan fingerprint density at radius 3 is 2.62 bits per heavy atom. The Balaban J connectivity index is 1.35. The first-order valence-corrected chi connectivity index (χ1v) is 15.1. The van der Waals surface area contributed by atoms with Crippen molar-refractivity contribution in [2.45, 2.75) is 87.2 Å². The normalized spacial score (nSPS) is 30.6. The van der Waals surface area contributed by atoms with Crippen LogP contribution in [0, 0.1) is 11.2 Å². The molecule has 0 bridgehead atoms. The summed E-state index contributed by atoms with van der Waals surface area (Å²) in [5.41, 5.74) is -0.610. The predicted molar refractivity (Wildman–Crippen MR) is 154 cm³/mol. The summed E-state index contributed by atoms with van der Waals surface area (Å²) in [4.78, 5) is 32.7. The Labute approximate surface area is 252 Å². The molecule has 3 fully saturated rings. The second-order valence-corrected chi connectivity index (χ2v) is 13.7. The number of anilines is 1. The Morgan fingerprint density at radius 1 is 1.14 bits per heavy atom. The molecule has 3 aromatic rings. The van der Waals surface area contributed by atoms with Crippen LogP contribution in [0.25, 0.3) is 0 Å². The van der Waals surface area contributed by atoms with E-state index in [-0.39, 0.29) is 39.9 Å². The highest BCUT2D eigenvalue weighted by Crippen LogP contribution is 2.64. The molecule has 2 aromatic heterocycles. The lowest BCUT2D eigenvalue weighted by atomic mass is 9.53. The molecule has 12 heteroatoms. The highest BCUT2D eigenvalue weighted by Gasteiger charge is 2.73. The van der Waals surface area contributed by atoms with Gasteiger partial charge in [0.05, 0.1) is 6.04 Å². The molecule has 2 saturated carbocycles. The fourth-order valence-corrected chi connectivity index (χ4v) is 8.25.